The van der Waals surface area contributed by atoms with E-state index < -0.39 is 11.9 Å². The fourth-order valence-corrected chi connectivity index (χ4v) is 0.343. The van der Waals surface area contributed by atoms with Gasteiger partial charge in [-0.3, -0.25) is 4.79 Å². The van der Waals surface area contributed by atoms with Gasteiger partial charge in [-0.15, -0.1) is 0 Å². The van der Waals surface area contributed by atoms with Crippen LogP contribution in [-0.4, -0.2) is 30.1 Å². The number of methoxy groups -OCH3 is 1. The minimum Gasteiger partial charge on any atom is -0.478 e. The second kappa shape index (κ2) is 26.3. The maximum Gasteiger partial charge on any atom is 0.329 e. The average molecular weight is 321 g/mol. The minimum atomic E-state index is -0.891. The van der Waals surface area contributed by atoms with Crippen LogP contribution < -0.4 is 0 Å². The molecule has 0 aromatic rings. The van der Waals surface area contributed by atoms with E-state index >= 15 is 0 Å². The van der Waals surface area contributed by atoms with E-state index in [-0.39, 0.29) is 5.97 Å². The van der Waals surface area contributed by atoms with Gasteiger partial charge in [0.2, 0.25) is 0 Å². The predicted octanol–water partition coefficient (Wildman–Crippen LogP) is 3.05. The second-order valence-electron chi connectivity index (χ2n) is 2.50. The van der Waals surface area contributed by atoms with Crippen molar-refractivity contribution in [2.75, 3.05) is 7.11 Å². The molecule has 0 saturated heterocycles. The number of carboxylic acid groups (broad SMARTS) is 1. The van der Waals surface area contributed by atoms with Gasteiger partial charge >= 0.3 is 17.9 Å². The Morgan fingerprint density at radius 2 is 1.62 bits per heavy atom. The molecule has 0 aliphatic carbocycles. The summed E-state index contributed by atoms with van der Waals surface area (Å²) >= 11 is 4.76. The molecule has 0 aliphatic heterocycles. The number of carboxylic acids is 1. The molecule has 0 spiro atoms. The van der Waals surface area contributed by atoms with Crippen molar-refractivity contribution in [2.45, 2.75) is 13.8 Å². The van der Waals surface area contributed by atoms with Crippen molar-refractivity contribution in [3.05, 3.63) is 49.8 Å². The Balaban J connectivity index is -0.0000000944. The summed E-state index contributed by atoms with van der Waals surface area (Å²) in [6.07, 6.45) is 4.77. The van der Waals surface area contributed by atoms with Crippen molar-refractivity contribution < 1.29 is 29.0 Å². The topological polar surface area (TPSA) is 89.9 Å². The molecule has 21 heavy (non-hydrogen) atoms. The van der Waals surface area contributed by atoms with E-state index in [1.165, 1.54) is 25.6 Å². The van der Waals surface area contributed by atoms with Crippen LogP contribution in [0, 0.1) is 0 Å². The SMILES string of the molecule is C=CC(=O)OC.C=CCl.C=COC(C)=O.CC=CC(=O)O. The van der Waals surface area contributed by atoms with Crippen LogP contribution >= 0.6 is 11.6 Å². The summed E-state index contributed by atoms with van der Waals surface area (Å²) in [5, 5.41) is 7.83. The number of carbonyl (C=O) groups excluding carboxylic acids is 2. The summed E-state index contributed by atoms with van der Waals surface area (Å²) in [4.78, 5) is 29.1. The third-order valence-corrected chi connectivity index (χ3v) is 0.926. The highest BCUT2D eigenvalue weighted by atomic mass is 35.5. The van der Waals surface area contributed by atoms with Crippen molar-refractivity contribution in [1.82, 2.24) is 0 Å². The van der Waals surface area contributed by atoms with Crippen LogP contribution in [0.4, 0.5) is 0 Å². The number of esters is 2. The van der Waals surface area contributed by atoms with Crippen LogP contribution in [0.1, 0.15) is 13.8 Å². The van der Waals surface area contributed by atoms with Gasteiger partial charge < -0.3 is 14.6 Å². The highest BCUT2D eigenvalue weighted by Crippen LogP contribution is 1.70. The lowest BCUT2D eigenvalue weighted by atomic mass is 10.5. The fourth-order valence-electron chi connectivity index (χ4n) is 0.343. The Labute approximate surface area is 130 Å². The van der Waals surface area contributed by atoms with Gasteiger partial charge in [0, 0.05) is 19.1 Å². The van der Waals surface area contributed by atoms with E-state index in [0.29, 0.717) is 0 Å². The van der Waals surface area contributed by atoms with Crippen molar-refractivity contribution in [1.29, 1.82) is 0 Å². The molecule has 0 heterocycles. The Bertz CT molecular complexity index is 347. The first kappa shape index (κ1) is 27.1. The van der Waals surface area contributed by atoms with Gasteiger partial charge in [-0.25, -0.2) is 9.59 Å². The largest absolute Gasteiger partial charge is 0.478 e. The third-order valence-electron chi connectivity index (χ3n) is 0.926. The lowest BCUT2D eigenvalue weighted by Crippen LogP contribution is -1.91. The molecular formula is C14H21ClO6. The van der Waals surface area contributed by atoms with E-state index in [0.717, 1.165) is 18.4 Å². The second-order valence-corrected chi connectivity index (χ2v) is 2.80. The van der Waals surface area contributed by atoms with Crippen molar-refractivity contribution in [3.8, 4) is 0 Å². The van der Waals surface area contributed by atoms with E-state index in [1.807, 2.05) is 0 Å². The van der Waals surface area contributed by atoms with Crippen molar-refractivity contribution in [3.63, 3.8) is 0 Å². The van der Waals surface area contributed by atoms with Crippen LogP contribution in [-0.2, 0) is 23.9 Å². The van der Waals surface area contributed by atoms with Crippen LogP contribution in [0.15, 0.2) is 49.8 Å². The van der Waals surface area contributed by atoms with Gasteiger partial charge in [-0.1, -0.05) is 37.4 Å². The molecule has 120 valence electrons. The normalized spacial score (nSPS) is 7.24. The van der Waals surface area contributed by atoms with E-state index in [9.17, 15) is 14.4 Å². The van der Waals surface area contributed by atoms with E-state index in [2.05, 4.69) is 29.2 Å². The predicted molar refractivity (Wildman–Crippen MR) is 82.7 cm³/mol. The Kier molecular flexibility index (Phi) is 33.9. The smallest absolute Gasteiger partial charge is 0.329 e. The van der Waals surface area contributed by atoms with Crippen LogP contribution in [0.3, 0.4) is 0 Å². The molecule has 0 unspecified atom stereocenters. The summed E-state index contributed by atoms with van der Waals surface area (Å²) in [6.45, 7) is 12.4. The number of carbonyl (C=O) groups is 3. The van der Waals surface area contributed by atoms with Gasteiger partial charge in [0.05, 0.1) is 13.4 Å². The van der Waals surface area contributed by atoms with E-state index in [4.69, 9.17) is 16.7 Å². The lowest BCUT2D eigenvalue weighted by Gasteiger charge is -1.83. The third kappa shape index (κ3) is 73.8. The minimum absolute atomic E-state index is 0.329. The zero-order valence-corrected chi connectivity index (χ0v) is 13.1. The molecule has 6 nitrogen and oxygen atoms in total. The average Bonchev–Trinajstić information content (AvgIpc) is 2.39. The van der Waals surface area contributed by atoms with Crippen molar-refractivity contribution >= 4 is 29.5 Å². The zero-order valence-electron chi connectivity index (χ0n) is 12.4. The number of aliphatic carboxylic acids is 1. The van der Waals surface area contributed by atoms with Crippen LogP contribution in [0.5, 0.6) is 0 Å². The Morgan fingerprint density at radius 3 is 1.62 bits per heavy atom. The Morgan fingerprint density at radius 1 is 1.19 bits per heavy atom. The first-order valence-electron chi connectivity index (χ1n) is 5.32. The van der Waals surface area contributed by atoms with Gasteiger partial charge in [0.1, 0.15) is 0 Å². The molecule has 0 aliphatic rings. The molecule has 0 radical (unpaired) electrons. The molecule has 0 rings (SSSR count). The Hall–Kier alpha value is -2.34. The maximum absolute atomic E-state index is 9.84. The van der Waals surface area contributed by atoms with Gasteiger partial charge in [0.25, 0.3) is 0 Å². The molecular weight excluding hydrogens is 300 g/mol. The fraction of sp³-hybridized carbons (Fsp3) is 0.214. The summed E-state index contributed by atoms with van der Waals surface area (Å²) in [7, 11) is 1.31. The number of rotatable bonds is 3. The number of halogens is 1. The van der Waals surface area contributed by atoms with Gasteiger partial charge in [-0.05, 0) is 12.5 Å². The molecule has 0 amide bonds. The summed E-state index contributed by atoms with van der Waals surface area (Å²) in [5.41, 5.74) is 1.22. The first-order valence-corrected chi connectivity index (χ1v) is 5.76. The molecule has 0 atom stereocenters. The highest BCUT2D eigenvalue weighted by molar-refractivity contribution is 6.25. The molecule has 0 fully saturated rings. The number of ether oxygens (including phenoxy) is 2. The monoisotopic (exact) mass is 320 g/mol. The maximum atomic E-state index is 9.84. The highest BCUT2D eigenvalue weighted by Gasteiger charge is 1.82. The van der Waals surface area contributed by atoms with Crippen molar-refractivity contribution in [2.24, 2.45) is 0 Å². The summed E-state index contributed by atoms with van der Waals surface area (Å²) in [5.74, 6) is -1.61. The summed E-state index contributed by atoms with van der Waals surface area (Å²) in [6, 6.07) is 0. The zero-order chi connectivity index (χ0) is 17.7. The number of allylic oxidation sites excluding steroid dienone is 1. The summed E-state index contributed by atoms with van der Waals surface area (Å²) < 4.78 is 8.31. The lowest BCUT2D eigenvalue weighted by molar-refractivity contribution is -0.136. The van der Waals surface area contributed by atoms with Gasteiger partial charge in [-0.2, -0.15) is 0 Å². The van der Waals surface area contributed by atoms with E-state index in [1.54, 1.807) is 6.92 Å². The first-order chi connectivity index (χ1) is 9.76. The molecule has 0 aromatic heterocycles. The molecule has 0 aromatic carbocycles. The number of hydrogen-bond donors (Lipinski definition) is 1. The van der Waals surface area contributed by atoms with Gasteiger partial charge in [0.15, 0.2) is 0 Å². The standard InChI is InChI=1S/3C4H6O2.C2H3Cl/c1-3-4(5)6-2;1-3-6-4(2)5;1-2-3-4(5)6;1-2-3/h2*3H,1H2,2H3;2-3H,1H3,(H,5,6);2H,1H2. The molecule has 7 heteroatoms. The van der Waals surface area contributed by atoms with Crippen LogP contribution in [0.2, 0.25) is 0 Å². The molecule has 1 N–H and O–H groups in total. The molecule has 0 saturated carbocycles. The molecule has 0 bridgehead atoms. The number of hydrogen-bond acceptors (Lipinski definition) is 5. The van der Waals surface area contributed by atoms with Crippen LogP contribution in [0.25, 0.3) is 0 Å². The quantitative estimate of drug-likeness (QED) is 0.488.